The standard InChI is InChI=1S/C12H16O6S/c1-3-19(15,16)8-7-18-11-9(12(13)14)5-4-6-10(11)17-2/h4-6H,3,7-8H2,1-2H3,(H,13,14). The lowest BCUT2D eigenvalue weighted by Gasteiger charge is -2.12. The molecule has 0 saturated heterocycles. The highest BCUT2D eigenvalue weighted by Gasteiger charge is 2.17. The molecule has 0 heterocycles. The molecule has 0 aliphatic heterocycles. The Labute approximate surface area is 111 Å². The molecule has 1 aromatic carbocycles. The van der Waals surface area contributed by atoms with Crippen LogP contribution in [0.25, 0.3) is 0 Å². The van der Waals surface area contributed by atoms with Crippen LogP contribution in [0.15, 0.2) is 18.2 Å². The van der Waals surface area contributed by atoms with Crippen molar-refractivity contribution in [2.24, 2.45) is 0 Å². The van der Waals surface area contributed by atoms with Gasteiger partial charge in [0.2, 0.25) is 0 Å². The highest BCUT2D eigenvalue weighted by atomic mass is 32.2. The van der Waals surface area contributed by atoms with E-state index in [4.69, 9.17) is 14.6 Å². The first-order chi connectivity index (χ1) is 8.91. The molecule has 0 spiro atoms. The van der Waals surface area contributed by atoms with E-state index in [1.807, 2.05) is 0 Å². The Morgan fingerprint density at radius 3 is 2.58 bits per heavy atom. The Bertz CT molecular complexity index is 549. The first-order valence-electron chi connectivity index (χ1n) is 5.64. The molecule has 0 amide bonds. The number of carboxylic acids is 1. The van der Waals surface area contributed by atoms with Gasteiger partial charge in [-0.2, -0.15) is 0 Å². The van der Waals surface area contributed by atoms with Crippen LogP contribution < -0.4 is 9.47 Å². The SMILES string of the molecule is CCS(=O)(=O)CCOc1c(OC)cccc1C(=O)O. The Balaban J connectivity index is 2.90. The first-order valence-corrected chi connectivity index (χ1v) is 7.47. The predicted octanol–water partition coefficient (Wildman–Crippen LogP) is 1.21. The molecule has 0 saturated carbocycles. The largest absolute Gasteiger partial charge is 0.493 e. The minimum Gasteiger partial charge on any atom is -0.493 e. The molecule has 0 fully saturated rings. The zero-order valence-electron chi connectivity index (χ0n) is 10.8. The van der Waals surface area contributed by atoms with Gasteiger partial charge in [-0.1, -0.05) is 13.0 Å². The van der Waals surface area contributed by atoms with E-state index >= 15 is 0 Å². The van der Waals surface area contributed by atoms with Crippen LogP contribution >= 0.6 is 0 Å². The van der Waals surface area contributed by atoms with Crippen LogP contribution in [0, 0.1) is 0 Å². The van der Waals surface area contributed by atoms with Gasteiger partial charge in [0, 0.05) is 5.75 Å². The Kier molecular flexibility index (Phi) is 5.17. The van der Waals surface area contributed by atoms with Crippen molar-refractivity contribution in [1.29, 1.82) is 0 Å². The molecule has 0 atom stereocenters. The summed E-state index contributed by atoms with van der Waals surface area (Å²) in [5.41, 5.74) is -0.0618. The van der Waals surface area contributed by atoms with E-state index in [-0.39, 0.29) is 35.2 Å². The van der Waals surface area contributed by atoms with Crippen molar-refractivity contribution in [1.82, 2.24) is 0 Å². The van der Waals surface area contributed by atoms with Crippen molar-refractivity contribution in [2.75, 3.05) is 25.2 Å². The average Bonchev–Trinajstić information content (AvgIpc) is 2.38. The molecule has 106 valence electrons. The fourth-order valence-corrected chi connectivity index (χ4v) is 2.03. The number of ether oxygens (including phenoxy) is 2. The maximum Gasteiger partial charge on any atom is 0.339 e. The third-order valence-electron chi connectivity index (χ3n) is 2.51. The molecule has 1 aromatic rings. The molecule has 0 aliphatic rings. The first kappa shape index (κ1) is 15.3. The van der Waals surface area contributed by atoms with E-state index in [2.05, 4.69) is 0 Å². The molecule has 0 unspecified atom stereocenters. The number of hydrogen-bond donors (Lipinski definition) is 1. The summed E-state index contributed by atoms with van der Waals surface area (Å²) >= 11 is 0. The second-order valence-corrected chi connectivity index (χ2v) is 6.20. The number of carbonyl (C=O) groups is 1. The smallest absolute Gasteiger partial charge is 0.339 e. The molecule has 19 heavy (non-hydrogen) atoms. The van der Waals surface area contributed by atoms with Crippen molar-refractivity contribution in [3.63, 3.8) is 0 Å². The van der Waals surface area contributed by atoms with Crippen LogP contribution in [0.2, 0.25) is 0 Å². The van der Waals surface area contributed by atoms with E-state index < -0.39 is 15.8 Å². The number of aromatic carboxylic acids is 1. The second-order valence-electron chi connectivity index (χ2n) is 3.73. The number of sulfone groups is 1. The van der Waals surface area contributed by atoms with Crippen molar-refractivity contribution < 1.29 is 27.8 Å². The summed E-state index contributed by atoms with van der Waals surface area (Å²) in [6, 6.07) is 4.45. The summed E-state index contributed by atoms with van der Waals surface area (Å²) in [7, 11) is -1.77. The topological polar surface area (TPSA) is 89.9 Å². The number of para-hydroxylation sites is 1. The van der Waals surface area contributed by atoms with E-state index in [0.29, 0.717) is 0 Å². The predicted molar refractivity (Wildman–Crippen MR) is 69.8 cm³/mol. The molecule has 1 rings (SSSR count). The van der Waals surface area contributed by atoms with Gasteiger partial charge in [0.25, 0.3) is 0 Å². The molecule has 7 heteroatoms. The van der Waals surface area contributed by atoms with Gasteiger partial charge in [0.1, 0.15) is 12.2 Å². The third-order valence-corrected chi connectivity index (χ3v) is 4.18. The molecule has 6 nitrogen and oxygen atoms in total. The summed E-state index contributed by atoms with van der Waals surface area (Å²) in [5.74, 6) is -1.00. The lowest BCUT2D eigenvalue weighted by molar-refractivity contribution is 0.0691. The highest BCUT2D eigenvalue weighted by molar-refractivity contribution is 7.91. The number of benzene rings is 1. The molecule has 0 aliphatic carbocycles. The van der Waals surface area contributed by atoms with Crippen molar-refractivity contribution in [3.8, 4) is 11.5 Å². The molecule has 1 N–H and O–H groups in total. The van der Waals surface area contributed by atoms with Gasteiger partial charge in [-0.25, -0.2) is 13.2 Å². The van der Waals surface area contributed by atoms with Gasteiger partial charge in [-0.3, -0.25) is 0 Å². The zero-order chi connectivity index (χ0) is 14.5. The van der Waals surface area contributed by atoms with Crippen LogP contribution in [0.5, 0.6) is 11.5 Å². The maximum atomic E-state index is 11.3. The quantitative estimate of drug-likeness (QED) is 0.811. The number of rotatable bonds is 7. The van der Waals surface area contributed by atoms with E-state index in [0.717, 1.165) is 0 Å². The summed E-state index contributed by atoms with van der Waals surface area (Å²) in [6.45, 7) is 1.43. The number of carboxylic acid groups (broad SMARTS) is 1. The minimum atomic E-state index is -3.16. The van der Waals surface area contributed by atoms with Gasteiger partial charge in [-0.05, 0) is 12.1 Å². The van der Waals surface area contributed by atoms with Gasteiger partial charge >= 0.3 is 5.97 Å². The molecule has 0 radical (unpaired) electrons. The second kappa shape index (κ2) is 6.42. The molecular formula is C12H16O6S. The fourth-order valence-electron chi connectivity index (χ4n) is 1.41. The monoisotopic (exact) mass is 288 g/mol. The number of hydrogen-bond acceptors (Lipinski definition) is 5. The Morgan fingerprint density at radius 2 is 2.05 bits per heavy atom. The van der Waals surface area contributed by atoms with Gasteiger partial charge < -0.3 is 14.6 Å². The van der Waals surface area contributed by atoms with Crippen LogP contribution in [0.3, 0.4) is 0 Å². The number of methoxy groups -OCH3 is 1. The van der Waals surface area contributed by atoms with Crippen LogP contribution in [0.1, 0.15) is 17.3 Å². The lowest BCUT2D eigenvalue weighted by atomic mass is 10.2. The third kappa shape index (κ3) is 4.13. The van der Waals surface area contributed by atoms with Crippen molar-refractivity contribution in [3.05, 3.63) is 23.8 Å². The van der Waals surface area contributed by atoms with Crippen molar-refractivity contribution >= 4 is 15.8 Å². The Morgan fingerprint density at radius 1 is 1.37 bits per heavy atom. The maximum absolute atomic E-state index is 11.3. The van der Waals surface area contributed by atoms with E-state index in [1.165, 1.54) is 19.2 Å². The van der Waals surface area contributed by atoms with Crippen LogP contribution in [-0.2, 0) is 9.84 Å². The molecular weight excluding hydrogens is 272 g/mol. The summed E-state index contributed by atoms with van der Waals surface area (Å²) in [5, 5.41) is 9.04. The Hall–Kier alpha value is -1.76. The average molecular weight is 288 g/mol. The van der Waals surface area contributed by atoms with E-state index in [1.54, 1.807) is 13.0 Å². The summed E-state index contributed by atoms with van der Waals surface area (Å²) < 4.78 is 33.0. The molecule has 0 aromatic heterocycles. The van der Waals surface area contributed by atoms with Gasteiger partial charge in [0.05, 0.1) is 12.9 Å². The summed E-state index contributed by atoms with van der Waals surface area (Å²) in [6.07, 6.45) is 0. The van der Waals surface area contributed by atoms with Crippen LogP contribution in [-0.4, -0.2) is 44.7 Å². The lowest BCUT2D eigenvalue weighted by Crippen LogP contribution is -2.16. The highest BCUT2D eigenvalue weighted by Crippen LogP contribution is 2.31. The zero-order valence-corrected chi connectivity index (χ0v) is 11.6. The fraction of sp³-hybridized carbons (Fsp3) is 0.417. The van der Waals surface area contributed by atoms with Crippen LogP contribution in [0.4, 0.5) is 0 Å². The molecule has 0 bridgehead atoms. The van der Waals surface area contributed by atoms with Crippen molar-refractivity contribution in [2.45, 2.75) is 6.92 Å². The minimum absolute atomic E-state index is 0.0219. The van der Waals surface area contributed by atoms with Gasteiger partial charge in [0.15, 0.2) is 21.3 Å². The summed E-state index contributed by atoms with van der Waals surface area (Å²) in [4.78, 5) is 11.1. The normalized spacial score (nSPS) is 11.1. The van der Waals surface area contributed by atoms with E-state index in [9.17, 15) is 13.2 Å². The van der Waals surface area contributed by atoms with Gasteiger partial charge in [-0.15, -0.1) is 0 Å².